The Hall–Kier alpha value is -1.51. The third-order valence-corrected chi connectivity index (χ3v) is 1.78. The largest absolute Gasteiger partial charge is 0.399 e. The van der Waals surface area contributed by atoms with Crippen LogP contribution in [0.15, 0.2) is 18.2 Å². The van der Waals surface area contributed by atoms with Crippen molar-refractivity contribution in [1.82, 2.24) is 0 Å². The monoisotopic (exact) mass is 148 g/mol. The van der Waals surface area contributed by atoms with Crippen molar-refractivity contribution in [3.8, 4) is 0 Å². The highest BCUT2D eigenvalue weighted by atomic mass is 16.1. The molecule has 3 heteroatoms. The van der Waals surface area contributed by atoms with Gasteiger partial charge in [-0.05, 0) is 18.2 Å². The zero-order chi connectivity index (χ0) is 7.84. The van der Waals surface area contributed by atoms with Crippen LogP contribution in [0.4, 0.5) is 11.4 Å². The maximum atomic E-state index is 11.1. The number of rotatable bonds is 0. The van der Waals surface area contributed by atoms with E-state index in [9.17, 15) is 4.79 Å². The predicted molar refractivity (Wildman–Crippen MR) is 43.7 cm³/mol. The van der Waals surface area contributed by atoms with Gasteiger partial charge in [-0.25, -0.2) is 0 Å². The average Bonchev–Trinajstić information content (AvgIpc) is 2.33. The summed E-state index contributed by atoms with van der Waals surface area (Å²) in [6.07, 6.45) is 0. The van der Waals surface area contributed by atoms with Gasteiger partial charge in [-0.2, -0.15) is 0 Å². The van der Waals surface area contributed by atoms with Gasteiger partial charge in [0.25, 0.3) is 0 Å². The first-order chi connectivity index (χ1) is 5.27. The van der Waals surface area contributed by atoms with Crippen molar-refractivity contribution < 1.29 is 4.79 Å². The van der Waals surface area contributed by atoms with Crippen LogP contribution in [-0.2, 0) is 0 Å². The maximum Gasteiger partial charge on any atom is 0.184 e. The molecule has 11 heavy (non-hydrogen) atoms. The highest BCUT2D eigenvalue weighted by Gasteiger charge is 2.17. The zero-order valence-corrected chi connectivity index (χ0v) is 5.92. The van der Waals surface area contributed by atoms with Gasteiger partial charge in [-0.1, -0.05) is 0 Å². The number of carbonyl (C=O) groups excluding carboxylic acids is 1. The Morgan fingerprint density at radius 3 is 3.09 bits per heavy atom. The van der Waals surface area contributed by atoms with Gasteiger partial charge >= 0.3 is 0 Å². The van der Waals surface area contributed by atoms with Crippen molar-refractivity contribution in [2.24, 2.45) is 0 Å². The molecule has 1 aliphatic heterocycles. The fourth-order valence-corrected chi connectivity index (χ4v) is 1.22. The van der Waals surface area contributed by atoms with Crippen LogP contribution in [0.1, 0.15) is 10.4 Å². The van der Waals surface area contributed by atoms with Crippen molar-refractivity contribution >= 4 is 17.2 Å². The summed E-state index contributed by atoms with van der Waals surface area (Å²) in [4.78, 5) is 11.1. The summed E-state index contributed by atoms with van der Waals surface area (Å²) in [6, 6.07) is 5.32. The Bertz CT molecular complexity index is 320. The molecule has 0 aliphatic carbocycles. The molecule has 0 saturated heterocycles. The molecule has 1 aromatic carbocycles. The normalized spacial score (nSPS) is 14.4. The second-order valence-corrected chi connectivity index (χ2v) is 2.58. The molecule has 0 unspecified atom stereocenters. The van der Waals surface area contributed by atoms with E-state index in [1.165, 1.54) is 0 Å². The number of anilines is 2. The second kappa shape index (κ2) is 1.99. The molecule has 0 atom stereocenters. The quantitative estimate of drug-likeness (QED) is 0.537. The Kier molecular flexibility index (Phi) is 1.12. The molecule has 0 radical (unpaired) electrons. The molecular weight excluding hydrogens is 140 g/mol. The lowest BCUT2D eigenvalue weighted by atomic mass is 10.1. The molecule has 3 nitrogen and oxygen atoms in total. The number of nitrogen functional groups attached to an aromatic ring is 1. The molecule has 0 saturated carbocycles. The summed E-state index contributed by atoms with van der Waals surface area (Å²) in [7, 11) is 0. The van der Waals surface area contributed by atoms with Gasteiger partial charge in [0.05, 0.1) is 6.54 Å². The Balaban J connectivity index is 2.60. The van der Waals surface area contributed by atoms with Crippen LogP contribution in [0.3, 0.4) is 0 Å². The molecule has 1 heterocycles. The number of ketones is 1. The molecular formula is C8H8N2O. The van der Waals surface area contributed by atoms with E-state index in [1.54, 1.807) is 12.1 Å². The molecule has 0 aromatic heterocycles. The minimum atomic E-state index is 0.118. The van der Waals surface area contributed by atoms with Crippen LogP contribution in [-0.4, -0.2) is 12.3 Å². The smallest absolute Gasteiger partial charge is 0.184 e. The van der Waals surface area contributed by atoms with Crippen molar-refractivity contribution in [3.05, 3.63) is 23.8 Å². The van der Waals surface area contributed by atoms with Gasteiger partial charge in [0.15, 0.2) is 5.78 Å². The molecule has 1 aromatic rings. The minimum absolute atomic E-state index is 0.118. The standard InChI is InChI=1S/C8H8N2O/c9-5-1-2-7-6(3-5)8(11)4-10-7/h1-3,10H,4,9H2. The highest BCUT2D eigenvalue weighted by Crippen LogP contribution is 2.23. The van der Waals surface area contributed by atoms with Crippen molar-refractivity contribution in [2.75, 3.05) is 17.6 Å². The molecule has 0 amide bonds. The molecule has 0 fully saturated rings. The van der Waals surface area contributed by atoms with Gasteiger partial charge < -0.3 is 11.1 Å². The van der Waals surface area contributed by atoms with Crippen LogP contribution >= 0.6 is 0 Å². The van der Waals surface area contributed by atoms with Crippen LogP contribution in [0.5, 0.6) is 0 Å². The Morgan fingerprint density at radius 2 is 2.27 bits per heavy atom. The van der Waals surface area contributed by atoms with Gasteiger partial charge in [0.1, 0.15) is 0 Å². The zero-order valence-electron chi connectivity index (χ0n) is 5.92. The van der Waals surface area contributed by atoms with Crippen molar-refractivity contribution in [1.29, 1.82) is 0 Å². The first kappa shape index (κ1) is 6.22. The predicted octanol–water partition coefficient (Wildman–Crippen LogP) is 0.877. The molecule has 1 aliphatic rings. The third kappa shape index (κ3) is 0.852. The number of hydrogen-bond donors (Lipinski definition) is 2. The molecule has 0 bridgehead atoms. The summed E-state index contributed by atoms with van der Waals surface area (Å²) in [6.45, 7) is 0.402. The van der Waals surface area contributed by atoms with Crippen molar-refractivity contribution in [2.45, 2.75) is 0 Å². The third-order valence-electron chi connectivity index (χ3n) is 1.78. The lowest BCUT2D eigenvalue weighted by Crippen LogP contribution is -2.00. The van der Waals surface area contributed by atoms with Gasteiger partial charge in [-0.3, -0.25) is 4.79 Å². The fourth-order valence-electron chi connectivity index (χ4n) is 1.22. The molecule has 0 spiro atoms. The van der Waals surface area contributed by atoms with E-state index < -0.39 is 0 Å². The number of fused-ring (bicyclic) bond motifs is 1. The number of hydrogen-bond acceptors (Lipinski definition) is 3. The summed E-state index contributed by atoms with van der Waals surface area (Å²) in [5, 5.41) is 2.97. The summed E-state index contributed by atoms with van der Waals surface area (Å²) in [5.41, 5.74) is 7.76. The van der Waals surface area contributed by atoms with E-state index in [1.807, 2.05) is 6.07 Å². The maximum absolute atomic E-state index is 11.1. The first-order valence-electron chi connectivity index (χ1n) is 3.44. The number of Topliss-reactive ketones (excluding diaryl/α,β-unsaturated/α-hetero) is 1. The number of benzene rings is 1. The lowest BCUT2D eigenvalue weighted by molar-refractivity contribution is 0.101. The topological polar surface area (TPSA) is 55.1 Å². The van der Waals surface area contributed by atoms with Gasteiger partial charge in [0, 0.05) is 16.9 Å². The van der Waals surface area contributed by atoms with E-state index in [4.69, 9.17) is 5.73 Å². The SMILES string of the molecule is Nc1ccc2c(c1)C(=O)CN2. The first-order valence-corrected chi connectivity index (χ1v) is 3.44. The van der Waals surface area contributed by atoms with Crippen LogP contribution in [0, 0.1) is 0 Å². The van der Waals surface area contributed by atoms with E-state index in [2.05, 4.69) is 5.32 Å². The van der Waals surface area contributed by atoms with Gasteiger partial charge in [-0.15, -0.1) is 0 Å². The van der Waals surface area contributed by atoms with Crippen LogP contribution in [0.25, 0.3) is 0 Å². The lowest BCUT2D eigenvalue weighted by Gasteiger charge is -1.97. The van der Waals surface area contributed by atoms with Crippen molar-refractivity contribution in [3.63, 3.8) is 0 Å². The van der Waals surface area contributed by atoms with E-state index in [0.717, 1.165) is 5.69 Å². The summed E-state index contributed by atoms with van der Waals surface area (Å²) in [5.74, 6) is 0.118. The molecule has 56 valence electrons. The Labute approximate surface area is 64.2 Å². The average molecular weight is 148 g/mol. The minimum Gasteiger partial charge on any atom is -0.399 e. The van der Waals surface area contributed by atoms with Crippen LogP contribution < -0.4 is 11.1 Å². The summed E-state index contributed by atoms with van der Waals surface area (Å²) < 4.78 is 0. The number of carbonyl (C=O) groups is 1. The number of nitrogens with one attached hydrogen (secondary N) is 1. The Morgan fingerprint density at radius 1 is 1.45 bits per heavy atom. The summed E-state index contributed by atoms with van der Waals surface area (Å²) >= 11 is 0. The van der Waals surface area contributed by atoms with E-state index in [0.29, 0.717) is 17.8 Å². The molecule has 2 rings (SSSR count). The molecule has 3 N–H and O–H groups in total. The van der Waals surface area contributed by atoms with E-state index in [-0.39, 0.29) is 5.78 Å². The second-order valence-electron chi connectivity index (χ2n) is 2.58. The number of nitrogens with two attached hydrogens (primary N) is 1. The fraction of sp³-hybridized carbons (Fsp3) is 0.125. The van der Waals surface area contributed by atoms with Gasteiger partial charge in [0.2, 0.25) is 0 Å². The van der Waals surface area contributed by atoms with Crippen LogP contribution in [0.2, 0.25) is 0 Å². The van der Waals surface area contributed by atoms with E-state index >= 15 is 0 Å². The highest BCUT2D eigenvalue weighted by molar-refractivity contribution is 6.08.